The number of esters is 1. The molecule has 0 aliphatic heterocycles. The lowest BCUT2D eigenvalue weighted by Crippen LogP contribution is -2.48. The Hall–Kier alpha value is -0.790. The molecule has 0 aromatic rings. The van der Waals surface area contributed by atoms with Crippen LogP contribution in [0.2, 0.25) is 0 Å². The third kappa shape index (κ3) is 1.50. The van der Waals surface area contributed by atoms with Crippen molar-refractivity contribution in [3.05, 3.63) is 12.2 Å². The second kappa shape index (κ2) is 4.19. The van der Waals surface area contributed by atoms with E-state index in [4.69, 9.17) is 4.74 Å². The summed E-state index contributed by atoms with van der Waals surface area (Å²) in [7, 11) is 0. The Morgan fingerprint density at radius 1 is 1.09 bits per heavy atom. The van der Waals surface area contributed by atoms with Gasteiger partial charge in [0.1, 0.15) is 5.60 Å². The van der Waals surface area contributed by atoms with E-state index in [2.05, 4.69) is 13.5 Å². The molecular weight excluding hydrogens is 272 g/mol. The predicted molar refractivity (Wildman–Crippen MR) is 84.9 cm³/mol. The molecule has 0 spiro atoms. The van der Waals surface area contributed by atoms with Crippen molar-refractivity contribution in [2.75, 3.05) is 0 Å². The number of hydrogen-bond donors (Lipinski definition) is 0. The number of hydrogen-bond acceptors (Lipinski definition) is 2. The molecule has 0 radical (unpaired) electrons. The number of fused-ring (bicyclic) bond motifs is 12. The molecule has 2 heteroatoms. The third-order valence-electron chi connectivity index (χ3n) is 8.39. The maximum atomic E-state index is 12.1. The summed E-state index contributed by atoms with van der Waals surface area (Å²) < 4.78 is 5.98. The van der Waals surface area contributed by atoms with E-state index in [1.807, 2.05) is 0 Å². The van der Waals surface area contributed by atoms with Gasteiger partial charge in [0, 0.05) is 11.5 Å². The van der Waals surface area contributed by atoms with Crippen LogP contribution in [-0.4, -0.2) is 11.6 Å². The fourth-order valence-electron chi connectivity index (χ4n) is 8.04. The van der Waals surface area contributed by atoms with Gasteiger partial charge in [-0.1, -0.05) is 13.0 Å². The van der Waals surface area contributed by atoms with Crippen LogP contribution in [0.3, 0.4) is 0 Å². The maximum Gasteiger partial charge on any atom is 0.333 e. The normalized spacial score (nSPS) is 57.0. The summed E-state index contributed by atoms with van der Waals surface area (Å²) in [6, 6.07) is 0. The van der Waals surface area contributed by atoms with E-state index in [1.165, 1.54) is 32.1 Å². The van der Waals surface area contributed by atoms with Crippen molar-refractivity contribution >= 4 is 5.97 Å². The number of carbonyl (C=O) groups is 1. The molecule has 5 aliphatic carbocycles. The highest BCUT2D eigenvalue weighted by Gasteiger charge is 2.70. The Morgan fingerprint density at radius 2 is 1.77 bits per heavy atom. The van der Waals surface area contributed by atoms with Gasteiger partial charge in [-0.05, 0) is 87.4 Å². The average molecular weight is 300 g/mol. The zero-order valence-electron chi connectivity index (χ0n) is 13.9. The van der Waals surface area contributed by atoms with Crippen molar-refractivity contribution in [1.82, 2.24) is 0 Å². The van der Waals surface area contributed by atoms with E-state index in [0.717, 1.165) is 47.8 Å². The highest BCUT2D eigenvalue weighted by atomic mass is 16.6. The largest absolute Gasteiger partial charge is 0.456 e. The Bertz CT molecular complexity index is 552. The zero-order valence-corrected chi connectivity index (χ0v) is 13.9. The summed E-state index contributed by atoms with van der Waals surface area (Å²) in [5, 5.41) is 0. The fraction of sp³-hybridized carbons (Fsp3) is 0.850. The molecule has 22 heavy (non-hydrogen) atoms. The van der Waals surface area contributed by atoms with Crippen LogP contribution in [0.25, 0.3) is 0 Å². The SMILES string of the molecule is C=C(C)C(=O)OC1(C)CC2CC1C1C3CC(C4CCCC43)C21. The first-order valence-electron chi connectivity index (χ1n) is 9.38. The monoisotopic (exact) mass is 300 g/mol. The van der Waals surface area contributed by atoms with Gasteiger partial charge >= 0.3 is 5.97 Å². The molecule has 0 aromatic carbocycles. The van der Waals surface area contributed by atoms with E-state index in [-0.39, 0.29) is 11.6 Å². The molecule has 0 heterocycles. The highest BCUT2D eigenvalue weighted by Crippen LogP contribution is 2.74. The quantitative estimate of drug-likeness (QED) is 0.434. The minimum absolute atomic E-state index is 0.173. The second-order valence-corrected chi connectivity index (χ2v) is 9.27. The van der Waals surface area contributed by atoms with Gasteiger partial charge in [-0.3, -0.25) is 0 Å². The molecule has 5 fully saturated rings. The van der Waals surface area contributed by atoms with E-state index in [0.29, 0.717) is 11.5 Å². The summed E-state index contributed by atoms with van der Waals surface area (Å²) in [4.78, 5) is 12.1. The minimum atomic E-state index is -0.208. The average Bonchev–Trinajstić information content (AvgIpc) is 3.19. The van der Waals surface area contributed by atoms with Crippen LogP contribution in [0.5, 0.6) is 0 Å². The van der Waals surface area contributed by atoms with Crippen LogP contribution >= 0.6 is 0 Å². The van der Waals surface area contributed by atoms with Crippen molar-refractivity contribution < 1.29 is 9.53 Å². The Morgan fingerprint density at radius 3 is 2.45 bits per heavy atom. The van der Waals surface area contributed by atoms with Gasteiger partial charge in [-0.25, -0.2) is 4.79 Å². The van der Waals surface area contributed by atoms with Gasteiger partial charge in [0.2, 0.25) is 0 Å². The second-order valence-electron chi connectivity index (χ2n) is 9.27. The standard InChI is InChI=1S/C20H28O2/c1-10(2)19(21)22-20(3)9-11-7-16(20)18-15-8-14(17(11)18)12-5-4-6-13(12)15/h11-18H,1,4-9H2,2-3H3. The van der Waals surface area contributed by atoms with Gasteiger partial charge in [0.15, 0.2) is 0 Å². The molecule has 9 atom stereocenters. The zero-order chi connectivity index (χ0) is 15.2. The number of rotatable bonds is 2. The number of carbonyl (C=O) groups excluding carboxylic acids is 1. The Balaban J connectivity index is 1.43. The summed E-state index contributed by atoms with van der Waals surface area (Å²) in [5.74, 6) is 7.20. The van der Waals surface area contributed by atoms with Crippen molar-refractivity contribution in [2.24, 2.45) is 47.3 Å². The lowest BCUT2D eigenvalue weighted by Gasteiger charge is -2.47. The molecule has 0 saturated heterocycles. The lowest BCUT2D eigenvalue weighted by molar-refractivity contribution is -0.165. The van der Waals surface area contributed by atoms with Gasteiger partial charge in [0.05, 0.1) is 0 Å². The van der Waals surface area contributed by atoms with Gasteiger partial charge in [-0.2, -0.15) is 0 Å². The van der Waals surface area contributed by atoms with Gasteiger partial charge in [-0.15, -0.1) is 0 Å². The topological polar surface area (TPSA) is 26.3 Å². The summed E-state index contributed by atoms with van der Waals surface area (Å²) >= 11 is 0. The van der Waals surface area contributed by atoms with Crippen molar-refractivity contribution in [3.8, 4) is 0 Å². The third-order valence-corrected chi connectivity index (χ3v) is 8.39. The van der Waals surface area contributed by atoms with Crippen molar-refractivity contribution in [3.63, 3.8) is 0 Å². The maximum absolute atomic E-state index is 12.1. The predicted octanol–water partition coefficient (Wildman–Crippen LogP) is 4.20. The Kier molecular flexibility index (Phi) is 2.59. The number of ether oxygens (including phenoxy) is 1. The molecular formula is C20H28O2. The van der Waals surface area contributed by atoms with Crippen LogP contribution in [-0.2, 0) is 9.53 Å². The van der Waals surface area contributed by atoms with E-state index < -0.39 is 0 Å². The summed E-state index contributed by atoms with van der Waals surface area (Å²) in [5.41, 5.74) is 0.338. The molecule has 9 unspecified atom stereocenters. The molecule has 5 aliphatic rings. The summed E-state index contributed by atoms with van der Waals surface area (Å²) in [6.07, 6.45) is 8.39. The fourth-order valence-corrected chi connectivity index (χ4v) is 8.04. The Labute approximate surface area is 133 Å². The van der Waals surface area contributed by atoms with Gasteiger partial charge < -0.3 is 4.74 Å². The molecule has 0 N–H and O–H groups in total. The highest BCUT2D eigenvalue weighted by molar-refractivity contribution is 5.87. The van der Waals surface area contributed by atoms with Crippen LogP contribution < -0.4 is 0 Å². The molecule has 5 saturated carbocycles. The molecule has 0 amide bonds. The minimum Gasteiger partial charge on any atom is -0.456 e. The smallest absolute Gasteiger partial charge is 0.333 e. The lowest BCUT2D eigenvalue weighted by atomic mass is 9.61. The van der Waals surface area contributed by atoms with Crippen molar-refractivity contribution in [2.45, 2.75) is 58.0 Å². The first-order valence-corrected chi connectivity index (χ1v) is 9.38. The van der Waals surface area contributed by atoms with E-state index >= 15 is 0 Å². The molecule has 0 aromatic heterocycles. The van der Waals surface area contributed by atoms with Crippen LogP contribution in [0.1, 0.15) is 52.4 Å². The molecule has 2 nitrogen and oxygen atoms in total. The first kappa shape index (κ1) is 13.6. The van der Waals surface area contributed by atoms with E-state index in [9.17, 15) is 4.79 Å². The first-order chi connectivity index (χ1) is 10.5. The van der Waals surface area contributed by atoms with Crippen molar-refractivity contribution in [1.29, 1.82) is 0 Å². The molecule has 5 rings (SSSR count). The van der Waals surface area contributed by atoms with E-state index in [1.54, 1.807) is 6.92 Å². The van der Waals surface area contributed by atoms with Crippen LogP contribution in [0, 0.1) is 47.3 Å². The van der Waals surface area contributed by atoms with Gasteiger partial charge in [0.25, 0.3) is 0 Å². The van der Waals surface area contributed by atoms with Crippen LogP contribution in [0.4, 0.5) is 0 Å². The van der Waals surface area contributed by atoms with Crippen LogP contribution in [0.15, 0.2) is 12.2 Å². The summed E-state index contributed by atoms with van der Waals surface area (Å²) in [6.45, 7) is 7.75. The molecule has 4 bridgehead atoms. The molecule has 120 valence electrons.